The highest BCUT2D eigenvalue weighted by Gasteiger charge is 2.30. The Balaban J connectivity index is 1.65. The molecule has 1 aliphatic heterocycles. The Bertz CT molecular complexity index is 1230. The summed E-state index contributed by atoms with van der Waals surface area (Å²) in [5, 5.41) is 5.72. The summed E-state index contributed by atoms with van der Waals surface area (Å²) in [7, 11) is -3.46. The SMILES string of the molecule is C=C/C(=C\C=C(/C)Nc1ncc(/C=C/c2cccc(C(F)(F)F)c2)cn1)S(=O)(=O)C1CCNCC1. The van der Waals surface area contributed by atoms with Gasteiger partial charge < -0.3 is 10.6 Å². The van der Waals surface area contributed by atoms with Gasteiger partial charge in [-0.1, -0.05) is 36.9 Å². The van der Waals surface area contributed by atoms with Crippen LogP contribution in [0.4, 0.5) is 19.1 Å². The van der Waals surface area contributed by atoms with Crippen molar-refractivity contribution in [3.8, 4) is 0 Å². The predicted octanol–water partition coefficient (Wildman–Crippen LogP) is 5.22. The van der Waals surface area contributed by atoms with Crippen LogP contribution in [0.25, 0.3) is 12.2 Å². The Morgan fingerprint density at radius 3 is 2.40 bits per heavy atom. The molecule has 0 radical (unpaired) electrons. The molecule has 2 aromatic rings. The predicted molar refractivity (Wildman–Crippen MR) is 133 cm³/mol. The minimum atomic E-state index is -4.40. The van der Waals surface area contributed by atoms with Crippen molar-refractivity contribution < 1.29 is 21.6 Å². The lowest BCUT2D eigenvalue weighted by atomic mass is 10.1. The van der Waals surface area contributed by atoms with Crippen LogP contribution in [0.5, 0.6) is 0 Å². The molecule has 186 valence electrons. The lowest BCUT2D eigenvalue weighted by Crippen LogP contribution is -2.36. The third-order valence-electron chi connectivity index (χ3n) is 5.42. The molecule has 2 N–H and O–H groups in total. The summed E-state index contributed by atoms with van der Waals surface area (Å²) in [6.07, 6.45) is 7.45. The van der Waals surface area contributed by atoms with Crippen LogP contribution >= 0.6 is 0 Å². The Morgan fingerprint density at radius 2 is 1.77 bits per heavy atom. The number of benzene rings is 1. The van der Waals surface area contributed by atoms with Gasteiger partial charge in [-0.2, -0.15) is 13.2 Å². The van der Waals surface area contributed by atoms with E-state index < -0.39 is 26.8 Å². The molecule has 10 heteroatoms. The molecule has 1 aliphatic rings. The van der Waals surface area contributed by atoms with Gasteiger partial charge in [-0.3, -0.25) is 0 Å². The van der Waals surface area contributed by atoms with Gasteiger partial charge in [-0.25, -0.2) is 18.4 Å². The van der Waals surface area contributed by atoms with Crippen LogP contribution in [0, 0.1) is 0 Å². The van der Waals surface area contributed by atoms with Crippen LogP contribution in [0.3, 0.4) is 0 Å². The second-order valence-electron chi connectivity index (χ2n) is 8.04. The van der Waals surface area contributed by atoms with Crippen molar-refractivity contribution in [1.29, 1.82) is 0 Å². The van der Waals surface area contributed by atoms with Gasteiger partial charge in [0.1, 0.15) is 0 Å². The fourth-order valence-corrected chi connectivity index (χ4v) is 5.23. The Kier molecular flexibility index (Phi) is 8.63. The third kappa shape index (κ3) is 7.37. The zero-order chi connectivity index (χ0) is 25.5. The molecule has 0 amide bonds. The molecule has 0 bridgehead atoms. The molecule has 2 heterocycles. The van der Waals surface area contributed by atoms with Gasteiger partial charge >= 0.3 is 6.18 Å². The van der Waals surface area contributed by atoms with E-state index in [-0.39, 0.29) is 4.91 Å². The zero-order valence-electron chi connectivity index (χ0n) is 19.2. The van der Waals surface area contributed by atoms with E-state index >= 15 is 0 Å². The fourth-order valence-electron chi connectivity index (χ4n) is 3.50. The second kappa shape index (κ2) is 11.5. The summed E-state index contributed by atoms with van der Waals surface area (Å²) >= 11 is 0. The molecule has 0 spiro atoms. The first-order valence-electron chi connectivity index (χ1n) is 11.0. The Labute approximate surface area is 203 Å². The number of aromatic nitrogens is 2. The number of piperidine rings is 1. The number of hydrogen-bond donors (Lipinski definition) is 2. The monoisotopic (exact) mass is 504 g/mol. The fraction of sp³-hybridized carbons (Fsp3) is 0.280. The number of rotatable bonds is 8. The van der Waals surface area contributed by atoms with Gasteiger partial charge in [-0.05, 0) is 62.7 Å². The highest BCUT2D eigenvalue weighted by Crippen LogP contribution is 2.30. The smallest absolute Gasteiger partial charge is 0.328 e. The summed E-state index contributed by atoms with van der Waals surface area (Å²) in [5.41, 5.74) is 0.925. The van der Waals surface area contributed by atoms with Crippen molar-refractivity contribution in [1.82, 2.24) is 15.3 Å². The van der Waals surface area contributed by atoms with Gasteiger partial charge in [0, 0.05) is 23.7 Å². The van der Waals surface area contributed by atoms with Crippen molar-refractivity contribution in [2.45, 2.75) is 31.2 Å². The van der Waals surface area contributed by atoms with Gasteiger partial charge in [0.05, 0.1) is 15.7 Å². The van der Waals surface area contributed by atoms with Crippen LogP contribution < -0.4 is 10.6 Å². The number of nitrogens with one attached hydrogen (secondary N) is 2. The average Bonchev–Trinajstić information content (AvgIpc) is 2.84. The van der Waals surface area contributed by atoms with E-state index in [1.807, 2.05) is 0 Å². The molecule has 6 nitrogen and oxygen atoms in total. The normalized spacial score (nSPS) is 16.5. The van der Waals surface area contributed by atoms with Crippen LogP contribution in [0.1, 0.15) is 36.5 Å². The van der Waals surface area contributed by atoms with Crippen LogP contribution in [0.2, 0.25) is 0 Å². The first kappa shape index (κ1) is 26.4. The van der Waals surface area contributed by atoms with E-state index in [0.717, 1.165) is 12.1 Å². The van der Waals surface area contributed by atoms with E-state index in [9.17, 15) is 21.6 Å². The van der Waals surface area contributed by atoms with E-state index in [1.165, 1.54) is 30.6 Å². The molecule has 1 fully saturated rings. The number of allylic oxidation sites excluding steroid dienone is 4. The lowest BCUT2D eigenvalue weighted by Gasteiger charge is -2.23. The molecular formula is C25H27F3N4O2S. The van der Waals surface area contributed by atoms with Gasteiger partial charge in [-0.15, -0.1) is 0 Å². The molecule has 3 rings (SSSR count). The molecule has 1 aromatic carbocycles. The quantitative estimate of drug-likeness (QED) is 0.480. The van der Waals surface area contributed by atoms with Crippen molar-refractivity contribution >= 4 is 27.9 Å². The summed E-state index contributed by atoms with van der Waals surface area (Å²) in [4.78, 5) is 8.56. The molecule has 0 unspecified atom stereocenters. The molecule has 1 aromatic heterocycles. The number of hydrogen-bond acceptors (Lipinski definition) is 6. The molecule has 35 heavy (non-hydrogen) atoms. The molecule has 0 atom stereocenters. The highest BCUT2D eigenvalue weighted by atomic mass is 32.2. The lowest BCUT2D eigenvalue weighted by molar-refractivity contribution is -0.137. The summed E-state index contributed by atoms with van der Waals surface area (Å²) in [6, 6.07) is 5.02. The first-order chi connectivity index (χ1) is 16.6. The number of halogens is 3. The van der Waals surface area contributed by atoms with Gasteiger partial charge in [0.15, 0.2) is 9.84 Å². The zero-order valence-corrected chi connectivity index (χ0v) is 20.0. The third-order valence-corrected chi connectivity index (χ3v) is 7.72. The maximum atomic E-state index is 12.9. The van der Waals surface area contributed by atoms with E-state index in [1.54, 1.807) is 31.2 Å². The molecule has 0 aliphatic carbocycles. The number of anilines is 1. The maximum Gasteiger partial charge on any atom is 0.416 e. The average molecular weight is 505 g/mol. The van der Waals surface area contributed by atoms with Crippen molar-refractivity contribution in [2.75, 3.05) is 18.4 Å². The minimum Gasteiger partial charge on any atom is -0.328 e. The Morgan fingerprint density at radius 1 is 1.11 bits per heavy atom. The Hall–Kier alpha value is -3.24. The minimum absolute atomic E-state index is 0.168. The standard InChI is InChI=1S/C25H27F3N4O2S/c1-3-22(35(33,34)23-11-13-29-14-12-23)10-7-18(2)32-24-30-16-20(17-31-24)9-8-19-5-4-6-21(15-19)25(26,27)28/h3-10,15-17,23,29H,1,11-14H2,2H3,(H,30,31,32)/b9-8+,18-7+,22-10+. The number of alkyl halides is 3. The molecule has 1 saturated heterocycles. The van der Waals surface area contributed by atoms with Crippen LogP contribution in [0.15, 0.2) is 72.1 Å². The van der Waals surface area contributed by atoms with E-state index in [4.69, 9.17) is 0 Å². The van der Waals surface area contributed by atoms with Crippen molar-refractivity contribution in [3.63, 3.8) is 0 Å². The second-order valence-corrected chi connectivity index (χ2v) is 10.3. The summed E-state index contributed by atoms with van der Waals surface area (Å²) in [6.45, 7) is 6.75. The molecule has 0 saturated carbocycles. The van der Waals surface area contributed by atoms with Gasteiger partial charge in [0.25, 0.3) is 0 Å². The van der Waals surface area contributed by atoms with Gasteiger partial charge in [0.2, 0.25) is 5.95 Å². The number of nitrogens with zero attached hydrogens (tertiary/aromatic N) is 2. The topological polar surface area (TPSA) is 84.0 Å². The van der Waals surface area contributed by atoms with Crippen molar-refractivity contribution in [2.24, 2.45) is 0 Å². The maximum absolute atomic E-state index is 12.9. The van der Waals surface area contributed by atoms with Crippen LogP contribution in [-0.2, 0) is 16.0 Å². The molecular weight excluding hydrogens is 477 g/mol. The summed E-state index contributed by atoms with van der Waals surface area (Å²) in [5.74, 6) is 0.296. The highest BCUT2D eigenvalue weighted by molar-refractivity contribution is 7.96. The van der Waals surface area contributed by atoms with E-state index in [2.05, 4.69) is 27.2 Å². The van der Waals surface area contributed by atoms with E-state index in [0.29, 0.717) is 48.7 Å². The largest absolute Gasteiger partial charge is 0.416 e. The number of sulfone groups is 1. The summed E-state index contributed by atoms with van der Waals surface area (Å²) < 4.78 is 64.2. The van der Waals surface area contributed by atoms with Crippen molar-refractivity contribution in [3.05, 3.63) is 88.8 Å². The van der Waals surface area contributed by atoms with Crippen LogP contribution in [-0.4, -0.2) is 36.7 Å². The first-order valence-corrected chi connectivity index (χ1v) is 12.5.